The Morgan fingerprint density at radius 1 is 1.42 bits per heavy atom. The van der Waals surface area contributed by atoms with Crippen LogP contribution in [0, 0.1) is 0 Å². The number of hydrogen-bond acceptors (Lipinski definition) is 3. The molecule has 1 fully saturated rings. The second kappa shape index (κ2) is 6.88. The molecule has 2 amide bonds. The number of halogens is 3. The Balaban J connectivity index is 2.47. The van der Waals surface area contributed by atoms with Crippen LogP contribution in [0.4, 0.5) is 18.0 Å². The molecule has 19 heavy (non-hydrogen) atoms. The van der Waals surface area contributed by atoms with Crippen molar-refractivity contribution in [2.45, 2.75) is 24.3 Å². The lowest BCUT2D eigenvalue weighted by Gasteiger charge is -2.23. The number of carbonyl (C=O) groups is 2. The summed E-state index contributed by atoms with van der Waals surface area (Å²) in [5.41, 5.74) is 0. The summed E-state index contributed by atoms with van der Waals surface area (Å²) in [7, 11) is 0. The van der Waals surface area contributed by atoms with E-state index in [9.17, 15) is 22.8 Å². The number of rotatable bonds is 5. The number of aliphatic carboxylic acids is 1. The summed E-state index contributed by atoms with van der Waals surface area (Å²) in [5.74, 6) is -0.503. The first kappa shape index (κ1) is 15.9. The van der Waals surface area contributed by atoms with Gasteiger partial charge in [0, 0.05) is 11.8 Å². The molecule has 0 bridgehead atoms. The molecule has 0 saturated carbocycles. The number of nitrogens with zero attached hydrogens (tertiary/aromatic N) is 1. The normalized spacial score (nSPS) is 19.2. The first-order valence-electron chi connectivity index (χ1n) is 5.71. The highest BCUT2D eigenvalue weighted by molar-refractivity contribution is 8.00. The summed E-state index contributed by atoms with van der Waals surface area (Å²) < 4.78 is 36.7. The predicted octanol–water partition coefficient (Wildman–Crippen LogP) is 1.54. The van der Waals surface area contributed by atoms with Crippen LogP contribution >= 0.6 is 11.8 Å². The summed E-state index contributed by atoms with van der Waals surface area (Å²) in [4.78, 5) is 22.3. The molecule has 0 radical (unpaired) electrons. The number of amides is 2. The molecular weight excluding hydrogens is 285 g/mol. The number of urea groups is 1. The molecule has 1 heterocycles. The molecule has 1 aliphatic rings. The van der Waals surface area contributed by atoms with Crippen molar-refractivity contribution >= 4 is 23.8 Å². The van der Waals surface area contributed by atoms with E-state index in [2.05, 4.69) is 5.32 Å². The molecule has 110 valence electrons. The van der Waals surface area contributed by atoms with Gasteiger partial charge in [0.25, 0.3) is 0 Å². The fourth-order valence-corrected chi connectivity index (χ4v) is 2.90. The zero-order valence-electron chi connectivity index (χ0n) is 10.1. The smallest absolute Gasteiger partial charge is 0.406 e. The number of carboxylic acid groups (broad SMARTS) is 1. The van der Waals surface area contributed by atoms with Gasteiger partial charge in [0.15, 0.2) is 0 Å². The maximum atomic E-state index is 12.2. The minimum absolute atomic E-state index is 0.196. The maximum Gasteiger partial charge on any atom is 0.406 e. The van der Waals surface area contributed by atoms with Crippen molar-refractivity contribution in [3.05, 3.63) is 0 Å². The average Bonchev–Trinajstić information content (AvgIpc) is 2.75. The van der Waals surface area contributed by atoms with Crippen LogP contribution in [0.5, 0.6) is 0 Å². The topological polar surface area (TPSA) is 69.6 Å². The van der Waals surface area contributed by atoms with Crippen molar-refractivity contribution in [3.8, 4) is 0 Å². The molecule has 1 aliphatic heterocycles. The molecule has 0 aromatic heterocycles. The van der Waals surface area contributed by atoms with Crippen molar-refractivity contribution in [2.24, 2.45) is 0 Å². The van der Waals surface area contributed by atoms with Crippen molar-refractivity contribution in [1.82, 2.24) is 10.2 Å². The number of thioether (sulfide) groups is 1. The summed E-state index contributed by atoms with van der Waals surface area (Å²) in [6.45, 7) is -2.27. The lowest BCUT2D eigenvalue weighted by Crippen LogP contribution is -2.48. The molecule has 0 spiro atoms. The van der Waals surface area contributed by atoms with Crippen LogP contribution in [0.3, 0.4) is 0 Å². The largest absolute Gasteiger partial charge is 0.480 e. The van der Waals surface area contributed by atoms with E-state index in [0.29, 0.717) is 0 Å². The first-order chi connectivity index (χ1) is 8.78. The minimum Gasteiger partial charge on any atom is -0.480 e. The molecule has 2 N–H and O–H groups in total. The van der Waals surface area contributed by atoms with Gasteiger partial charge in [-0.2, -0.15) is 24.9 Å². The van der Waals surface area contributed by atoms with Gasteiger partial charge in [-0.3, -0.25) is 4.79 Å². The molecule has 1 saturated heterocycles. The highest BCUT2D eigenvalue weighted by atomic mass is 32.2. The third kappa shape index (κ3) is 6.55. The van der Waals surface area contributed by atoms with Crippen LogP contribution in [0.2, 0.25) is 0 Å². The van der Waals surface area contributed by atoms with E-state index in [0.717, 1.165) is 18.6 Å². The number of alkyl halides is 3. The summed E-state index contributed by atoms with van der Waals surface area (Å²) in [6.07, 6.45) is -2.69. The first-order valence-corrected chi connectivity index (χ1v) is 6.76. The molecule has 1 rings (SSSR count). The van der Waals surface area contributed by atoms with E-state index in [-0.39, 0.29) is 16.7 Å². The second-order valence-corrected chi connectivity index (χ2v) is 5.59. The van der Waals surface area contributed by atoms with E-state index < -0.39 is 31.3 Å². The predicted molar refractivity (Wildman–Crippen MR) is 64.1 cm³/mol. The van der Waals surface area contributed by atoms with Gasteiger partial charge in [0.2, 0.25) is 0 Å². The standard InChI is InChI=1S/C10H15F3N2O3S/c11-10(12,13)6-15(5-8(16)17)9(18)14-4-7-2-1-3-19-7/h7H,1-6H2,(H,14,18)(H,16,17). The molecule has 0 aliphatic carbocycles. The fraction of sp³-hybridized carbons (Fsp3) is 0.800. The van der Waals surface area contributed by atoms with Gasteiger partial charge in [0.1, 0.15) is 13.1 Å². The molecule has 1 unspecified atom stereocenters. The minimum atomic E-state index is -4.62. The monoisotopic (exact) mass is 300 g/mol. The Bertz CT molecular complexity index is 332. The van der Waals surface area contributed by atoms with Gasteiger partial charge in [-0.25, -0.2) is 4.79 Å². The Hall–Kier alpha value is -1.12. The van der Waals surface area contributed by atoms with Crippen LogP contribution < -0.4 is 5.32 Å². The van der Waals surface area contributed by atoms with Crippen molar-refractivity contribution < 1.29 is 27.9 Å². The quantitative estimate of drug-likeness (QED) is 0.808. The van der Waals surface area contributed by atoms with Crippen LogP contribution in [-0.2, 0) is 4.79 Å². The third-order valence-corrected chi connectivity index (χ3v) is 3.89. The fourth-order valence-electron chi connectivity index (χ4n) is 1.70. The number of hydrogen-bond donors (Lipinski definition) is 2. The van der Waals surface area contributed by atoms with E-state index in [1.54, 1.807) is 11.8 Å². The van der Waals surface area contributed by atoms with Gasteiger partial charge < -0.3 is 15.3 Å². The SMILES string of the molecule is O=C(O)CN(CC(F)(F)F)C(=O)NCC1CCCS1. The molecule has 0 aromatic carbocycles. The molecule has 5 nitrogen and oxygen atoms in total. The number of carbonyl (C=O) groups excluding carboxylic acids is 1. The molecule has 0 aromatic rings. The van der Waals surface area contributed by atoms with Crippen molar-refractivity contribution in [1.29, 1.82) is 0 Å². The van der Waals surface area contributed by atoms with E-state index >= 15 is 0 Å². The second-order valence-electron chi connectivity index (χ2n) is 4.19. The van der Waals surface area contributed by atoms with Gasteiger partial charge in [-0.05, 0) is 18.6 Å². The van der Waals surface area contributed by atoms with E-state index in [4.69, 9.17) is 5.11 Å². The summed E-state index contributed by atoms with van der Waals surface area (Å²) >= 11 is 1.65. The Labute approximate surface area is 112 Å². The highest BCUT2D eigenvalue weighted by Gasteiger charge is 2.34. The summed E-state index contributed by atoms with van der Waals surface area (Å²) in [5, 5.41) is 11.1. The van der Waals surface area contributed by atoms with Gasteiger partial charge in [0.05, 0.1) is 0 Å². The lowest BCUT2D eigenvalue weighted by molar-refractivity contribution is -0.148. The highest BCUT2D eigenvalue weighted by Crippen LogP contribution is 2.25. The Morgan fingerprint density at radius 2 is 2.11 bits per heavy atom. The molecule has 9 heteroatoms. The number of carboxylic acids is 1. The summed E-state index contributed by atoms with van der Waals surface area (Å²) in [6, 6.07) is -0.993. The Morgan fingerprint density at radius 3 is 2.58 bits per heavy atom. The zero-order chi connectivity index (χ0) is 14.5. The zero-order valence-corrected chi connectivity index (χ0v) is 10.9. The molecule has 1 atom stereocenters. The van der Waals surface area contributed by atoms with Gasteiger partial charge >= 0.3 is 18.2 Å². The molecular formula is C10H15F3N2O3S. The average molecular weight is 300 g/mol. The number of nitrogens with one attached hydrogen (secondary N) is 1. The van der Waals surface area contributed by atoms with Crippen molar-refractivity contribution in [2.75, 3.05) is 25.4 Å². The Kier molecular flexibility index (Phi) is 5.77. The maximum absolute atomic E-state index is 12.2. The van der Waals surface area contributed by atoms with Crippen LogP contribution in [0.15, 0.2) is 0 Å². The van der Waals surface area contributed by atoms with Gasteiger partial charge in [-0.15, -0.1) is 0 Å². The lowest BCUT2D eigenvalue weighted by atomic mass is 10.2. The third-order valence-electron chi connectivity index (χ3n) is 2.49. The van der Waals surface area contributed by atoms with Gasteiger partial charge in [-0.1, -0.05) is 0 Å². The van der Waals surface area contributed by atoms with Crippen molar-refractivity contribution in [3.63, 3.8) is 0 Å². The van der Waals surface area contributed by atoms with E-state index in [1.165, 1.54) is 0 Å². The van der Waals surface area contributed by atoms with Crippen LogP contribution in [-0.4, -0.2) is 58.8 Å². The van der Waals surface area contributed by atoms with E-state index in [1.807, 2.05) is 0 Å². The van der Waals surface area contributed by atoms with Crippen LogP contribution in [0.1, 0.15) is 12.8 Å². The van der Waals surface area contributed by atoms with Crippen LogP contribution in [0.25, 0.3) is 0 Å².